The second-order valence-electron chi connectivity index (χ2n) is 5.63. The Labute approximate surface area is 151 Å². The van der Waals surface area contributed by atoms with Crippen molar-refractivity contribution >= 4 is 21.2 Å². The minimum atomic E-state index is -3.90. The van der Waals surface area contributed by atoms with E-state index in [2.05, 4.69) is 9.82 Å². The van der Waals surface area contributed by atoms with E-state index in [4.69, 9.17) is 4.74 Å². The average Bonchev–Trinajstić information content (AvgIpc) is 3.09. The maximum Gasteiger partial charge on any atom is 0.291 e. The van der Waals surface area contributed by atoms with Crippen LogP contribution < -0.4 is 15.0 Å². The Balaban J connectivity index is 2.12. The number of benzene rings is 1. The Morgan fingerprint density at radius 2 is 1.96 bits per heavy atom. The van der Waals surface area contributed by atoms with Gasteiger partial charge in [-0.1, -0.05) is 19.1 Å². The molecule has 0 aliphatic heterocycles. The Morgan fingerprint density at radius 3 is 2.62 bits per heavy atom. The first-order chi connectivity index (χ1) is 12.4. The highest BCUT2D eigenvalue weighted by atomic mass is 32.2. The van der Waals surface area contributed by atoms with Gasteiger partial charge in [0.15, 0.2) is 0 Å². The lowest BCUT2D eigenvalue weighted by Gasteiger charge is -2.10. The number of fused-ring (bicyclic) bond motifs is 1. The van der Waals surface area contributed by atoms with Crippen molar-refractivity contribution in [3.63, 3.8) is 0 Å². The predicted octanol–water partition coefficient (Wildman–Crippen LogP) is 1.89. The summed E-state index contributed by atoms with van der Waals surface area (Å²) in [5, 5.41) is 4.28. The molecule has 0 radical (unpaired) electrons. The molecule has 0 aliphatic carbocycles. The molecule has 0 fully saturated rings. The number of nitrogens with zero attached hydrogens (tertiary/aromatic N) is 3. The number of aryl methyl sites for hydroxylation is 2. The lowest BCUT2D eigenvalue weighted by atomic mass is 10.3. The zero-order valence-corrected chi connectivity index (χ0v) is 15.6. The maximum atomic E-state index is 12.8. The van der Waals surface area contributed by atoms with Crippen molar-refractivity contribution < 1.29 is 13.2 Å². The van der Waals surface area contributed by atoms with Gasteiger partial charge in [-0.2, -0.15) is 5.10 Å². The fourth-order valence-electron chi connectivity index (χ4n) is 2.72. The SMILES string of the molecule is CCc1nn(CC)c(=O)c2cc(S(=O)(=O)Nc3ccccc3OC)cn12. The molecule has 8 nitrogen and oxygen atoms in total. The molecular weight excluding hydrogens is 356 g/mol. The van der Waals surface area contributed by atoms with Gasteiger partial charge in [0.1, 0.15) is 22.0 Å². The van der Waals surface area contributed by atoms with Crippen LogP contribution in [0.4, 0.5) is 5.69 Å². The van der Waals surface area contributed by atoms with Gasteiger partial charge in [0.2, 0.25) is 0 Å². The number of sulfonamides is 1. The van der Waals surface area contributed by atoms with Gasteiger partial charge in [-0.3, -0.25) is 13.9 Å². The number of ether oxygens (including phenoxy) is 1. The molecule has 0 saturated heterocycles. The second-order valence-corrected chi connectivity index (χ2v) is 7.31. The maximum absolute atomic E-state index is 12.8. The van der Waals surface area contributed by atoms with Crippen LogP contribution in [0.5, 0.6) is 5.75 Å². The van der Waals surface area contributed by atoms with Crippen LogP contribution in [0.3, 0.4) is 0 Å². The summed E-state index contributed by atoms with van der Waals surface area (Å²) in [4.78, 5) is 12.5. The number of anilines is 1. The summed E-state index contributed by atoms with van der Waals surface area (Å²) in [6.45, 7) is 4.12. The molecule has 26 heavy (non-hydrogen) atoms. The number of aromatic nitrogens is 3. The average molecular weight is 376 g/mol. The van der Waals surface area contributed by atoms with Crippen LogP contribution in [0.2, 0.25) is 0 Å². The molecule has 2 aromatic heterocycles. The quantitative estimate of drug-likeness (QED) is 0.709. The van der Waals surface area contributed by atoms with Crippen molar-refractivity contribution in [3.8, 4) is 5.75 Å². The van der Waals surface area contributed by atoms with Crippen LogP contribution in [0.1, 0.15) is 19.7 Å². The summed E-state index contributed by atoms with van der Waals surface area (Å²) in [6, 6.07) is 8.08. The lowest BCUT2D eigenvalue weighted by molar-refractivity contribution is 0.417. The lowest BCUT2D eigenvalue weighted by Crippen LogP contribution is -2.26. The van der Waals surface area contributed by atoms with Gasteiger partial charge in [-0.15, -0.1) is 0 Å². The summed E-state index contributed by atoms with van der Waals surface area (Å²) in [5.41, 5.74) is 0.271. The summed E-state index contributed by atoms with van der Waals surface area (Å²) in [6.07, 6.45) is 1.98. The van der Waals surface area contributed by atoms with E-state index in [0.29, 0.717) is 30.2 Å². The van der Waals surface area contributed by atoms with Gasteiger partial charge in [0.05, 0.1) is 12.8 Å². The van der Waals surface area contributed by atoms with E-state index in [1.165, 1.54) is 28.5 Å². The highest BCUT2D eigenvalue weighted by Crippen LogP contribution is 2.26. The first kappa shape index (κ1) is 18.0. The molecule has 0 bridgehead atoms. The predicted molar refractivity (Wildman–Crippen MR) is 98.3 cm³/mol. The van der Waals surface area contributed by atoms with Crippen molar-refractivity contribution in [2.24, 2.45) is 0 Å². The first-order valence-corrected chi connectivity index (χ1v) is 9.67. The number of nitrogens with one attached hydrogen (secondary N) is 1. The van der Waals surface area contributed by atoms with Crippen molar-refractivity contribution in [1.82, 2.24) is 14.2 Å². The molecule has 0 atom stereocenters. The van der Waals surface area contributed by atoms with Crippen molar-refractivity contribution in [3.05, 3.63) is 52.7 Å². The third-order valence-corrected chi connectivity index (χ3v) is 5.37. The molecule has 1 N–H and O–H groups in total. The van der Waals surface area contributed by atoms with Gasteiger partial charge in [-0.05, 0) is 25.1 Å². The fraction of sp³-hybridized carbons (Fsp3) is 0.294. The topological polar surface area (TPSA) is 94.7 Å². The molecule has 3 rings (SSSR count). The molecule has 2 heterocycles. The van der Waals surface area contributed by atoms with Crippen molar-refractivity contribution in [1.29, 1.82) is 0 Å². The van der Waals surface area contributed by atoms with Crippen LogP contribution in [0.25, 0.3) is 5.52 Å². The third-order valence-electron chi connectivity index (χ3n) is 4.04. The van der Waals surface area contributed by atoms with Crippen molar-refractivity contribution in [2.45, 2.75) is 31.7 Å². The summed E-state index contributed by atoms with van der Waals surface area (Å²) in [5.74, 6) is 1.02. The Kier molecular flexibility index (Phi) is 4.73. The molecule has 0 unspecified atom stereocenters. The van der Waals surface area contributed by atoms with E-state index in [9.17, 15) is 13.2 Å². The number of hydrogen-bond acceptors (Lipinski definition) is 5. The normalized spacial score (nSPS) is 11.7. The first-order valence-electron chi connectivity index (χ1n) is 8.19. The van der Waals surface area contributed by atoms with Crippen LogP contribution in [0.15, 0.2) is 46.2 Å². The van der Waals surface area contributed by atoms with Gasteiger partial charge in [0.25, 0.3) is 15.6 Å². The molecule has 0 aliphatic rings. The molecule has 138 valence electrons. The van der Waals surface area contributed by atoms with E-state index >= 15 is 0 Å². The molecule has 0 spiro atoms. The van der Waals surface area contributed by atoms with Gasteiger partial charge < -0.3 is 4.74 Å². The van der Waals surface area contributed by atoms with Gasteiger partial charge in [-0.25, -0.2) is 13.1 Å². The molecule has 9 heteroatoms. The summed E-state index contributed by atoms with van der Waals surface area (Å²) in [7, 11) is -2.43. The van der Waals surface area contributed by atoms with Crippen LogP contribution >= 0.6 is 0 Å². The molecule has 0 saturated carbocycles. The number of hydrogen-bond donors (Lipinski definition) is 1. The minimum absolute atomic E-state index is 0.00846. The van der Waals surface area contributed by atoms with Crippen LogP contribution in [-0.2, 0) is 23.0 Å². The second kappa shape index (κ2) is 6.83. The smallest absolute Gasteiger partial charge is 0.291 e. The highest BCUT2D eigenvalue weighted by molar-refractivity contribution is 7.92. The largest absolute Gasteiger partial charge is 0.495 e. The van der Waals surface area contributed by atoms with E-state index in [1.54, 1.807) is 24.3 Å². The van der Waals surface area contributed by atoms with Gasteiger partial charge >= 0.3 is 0 Å². The van der Waals surface area contributed by atoms with Crippen LogP contribution in [-0.4, -0.2) is 29.7 Å². The molecule has 3 aromatic rings. The minimum Gasteiger partial charge on any atom is -0.495 e. The van der Waals surface area contributed by atoms with Gasteiger partial charge in [0, 0.05) is 19.2 Å². The van der Waals surface area contributed by atoms with E-state index < -0.39 is 10.0 Å². The van der Waals surface area contributed by atoms with E-state index in [0.717, 1.165) is 0 Å². The number of methoxy groups -OCH3 is 1. The molecule has 0 amide bonds. The third kappa shape index (κ3) is 3.05. The standard InChI is InChI=1S/C17H20N4O4S/c1-4-16-18-21(5-2)17(22)14-10-12(11-20(14)16)26(23,24)19-13-8-6-7-9-15(13)25-3/h6-11,19H,4-5H2,1-3H3. The summed E-state index contributed by atoms with van der Waals surface area (Å²) < 4.78 is 36.1. The summed E-state index contributed by atoms with van der Waals surface area (Å²) >= 11 is 0. The Hall–Kier alpha value is -2.81. The van der Waals surface area contributed by atoms with E-state index in [-0.39, 0.29) is 16.0 Å². The number of rotatable bonds is 6. The van der Waals surface area contributed by atoms with E-state index in [1.807, 2.05) is 13.8 Å². The molecular formula is C17H20N4O4S. The number of para-hydroxylation sites is 2. The highest BCUT2D eigenvalue weighted by Gasteiger charge is 2.21. The Morgan fingerprint density at radius 1 is 1.23 bits per heavy atom. The van der Waals surface area contributed by atoms with Crippen LogP contribution in [0, 0.1) is 0 Å². The monoisotopic (exact) mass is 376 g/mol. The Bertz CT molecular complexity index is 1120. The zero-order valence-electron chi connectivity index (χ0n) is 14.8. The zero-order chi connectivity index (χ0) is 18.9. The molecule has 1 aromatic carbocycles. The fourth-order valence-corrected chi connectivity index (χ4v) is 3.80. The van der Waals surface area contributed by atoms with Crippen molar-refractivity contribution in [2.75, 3.05) is 11.8 Å².